The van der Waals surface area contributed by atoms with Crippen LogP contribution in [-0.4, -0.2) is 21.5 Å². The number of amides is 1. The minimum absolute atomic E-state index is 0.0114. The average molecular weight is 368 g/mol. The van der Waals surface area contributed by atoms with Crippen LogP contribution in [0.2, 0.25) is 5.02 Å². The van der Waals surface area contributed by atoms with Crippen molar-refractivity contribution in [3.63, 3.8) is 0 Å². The molecule has 1 amide bonds. The predicted octanol–water partition coefficient (Wildman–Crippen LogP) is 4.60. The highest BCUT2D eigenvalue weighted by Crippen LogP contribution is 2.22. The standard InChI is InChI=1S/C20H18ClN3O2/c1-12-19(21)13(2)24(23-12)18-10-6-16(7-11-18)20(26)22-17-8-4-15(5-9-17)14(3)25/h4-11H,1-3H3,(H,22,26). The van der Waals surface area contributed by atoms with Crippen molar-refractivity contribution in [2.24, 2.45) is 0 Å². The fourth-order valence-electron chi connectivity index (χ4n) is 2.62. The molecule has 2 aromatic carbocycles. The number of halogens is 1. The first-order chi connectivity index (χ1) is 12.4. The summed E-state index contributed by atoms with van der Waals surface area (Å²) in [6.07, 6.45) is 0. The van der Waals surface area contributed by atoms with Gasteiger partial charge in [0.15, 0.2) is 5.78 Å². The number of nitrogens with zero attached hydrogens (tertiary/aromatic N) is 2. The molecule has 0 aliphatic heterocycles. The van der Waals surface area contributed by atoms with Crippen LogP contribution < -0.4 is 5.32 Å². The monoisotopic (exact) mass is 367 g/mol. The van der Waals surface area contributed by atoms with Gasteiger partial charge in [0.05, 0.1) is 22.1 Å². The first kappa shape index (κ1) is 17.9. The number of hydrogen-bond acceptors (Lipinski definition) is 3. The molecule has 0 spiro atoms. The summed E-state index contributed by atoms with van der Waals surface area (Å²) in [5.41, 5.74) is 4.22. The van der Waals surface area contributed by atoms with Crippen molar-refractivity contribution in [1.82, 2.24) is 9.78 Å². The molecule has 0 saturated heterocycles. The number of Topliss-reactive ketones (excluding diaryl/α,β-unsaturated/α-hetero) is 1. The molecule has 3 aromatic rings. The molecular formula is C20H18ClN3O2. The molecule has 1 heterocycles. The summed E-state index contributed by atoms with van der Waals surface area (Å²) >= 11 is 6.18. The molecule has 3 rings (SSSR count). The van der Waals surface area contributed by atoms with E-state index in [1.54, 1.807) is 41.1 Å². The molecule has 132 valence electrons. The van der Waals surface area contributed by atoms with E-state index in [0.29, 0.717) is 21.8 Å². The fourth-order valence-corrected chi connectivity index (χ4v) is 2.74. The number of hydrogen-bond donors (Lipinski definition) is 1. The molecule has 0 bridgehead atoms. The normalized spacial score (nSPS) is 10.6. The molecule has 26 heavy (non-hydrogen) atoms. The SMILES string of the molecule is CC(=O)c1ccc(NC(=O)c2ccc(-n3nc(C)c(Cl)c3C)cc2)cc1. The third kappa shape index (κ3) is 3.53. The zero-order chi connectivity index (χ0) is 18.8. The van der Waals surface area contributed by atoms with Gasteiger partial charge in [0.25, 0.3) is 5.91 Å². The van der Waals surface area contributed by atoms with Crippen LogP contribution in [-0.2, 0) is 0 Å². The van der Waals surface area contributed by atoms with Crippen molar-refractivity contribution in [2.45, 2.75) is 20.8 Å². The zero-order valence-corrected chi connectivity index (χ0v) is 15.5. The van der Waals surface area contributed by atoms with Crippen LogP contribution in [0.3, 0.4) is 0 Å². The highest BCUT2D eigenvalue weighted by atomic mass is 35.5. The lowest BCUT2D eigenvalue weighted by Crippen LogP contribution is -2.12. The van der Waals surface area contributed by atoms with Gasteiger partial charge in [-0.3, -0.25) is 9.59 Å². The van der Waals surface area contributed by atoms with Gasteiger partial charge in [-0.15, -0.1) is 0 Å². The number of carbonyl (C=O) groups excluding carboxylic acids is 2. The zero-order valence-electron chi connectivity index (χ0n) is 14.7. The van der Waals surface area contributed by atoms with E-state index in [9.17, 15) is 9.59 Å². The molecule has 0 fully saturated rings. The largest absolute Gasteiger partial charge is 0.322 e. The average Bonchev–Trinajstić information content (AvgIpc) is 2.89. The molecule has 1 N–H and O–H groups in total. The van der Waals surface area contributed by atoms with E-state index >= 15 is 0 Å². The maximum absolute atomic E-state index is 12.4. The smallest absolute Gasteiger partial charge is 0.255 e. The summed E-state index contributed by atoms with van der Waals surface area (Å²) in [6, 6.07) is 13.9. The summed E-state index contributed by atoms with van der Waals surface area (Å²) in [6.45, 7) is 5.25. The van der Waals surface area contributed by atoms with Gasteiger partial charge in [-0.1, -0.05) is 11.6 Å². The minimum Gasteiger partial charge on any atom is -0.322 e. The van der Waals surface area contributed by atoms with Crippen LogP contribution in [0, 0.1) is 13.8 Å². The van der Waals surface area contributed by atoms with Gasteiger partial charge >= 0.3 is 0 Å². The highest BCUT2D eigenvalue weighted by Gasteiger charge is 2.12. The Morgan fingerprint density at radius 3 is 2.04 bits per heavy atom. The van der Waals surface area contributed by atoms with Gasteiger partial charge in [-0.25, -0.2) is 4.68 Å². The van der Waals surface area contributed by atoms with Gasteiger partial charge in [-0.05, 0) is 69.3 Å². The Balaban J connectivity index is 1.76. The van der Waals surface area contributed by atoms with Crippen molar-refractivity contribution in [1.29, 1.82) is 0 Å². The quantitative estimate of drug-likeness (QED) is 0.685. The van der Waals surface area contributed by atoms with E-state index < -0.39 is 0 Å². The van der Waals surface area contributed by atoms with E-state index in [2.05, 4.69) is 10.4 Å². The van der Waals surface area contributed by atoms with Crippen molar-refractivity contribution in [3.05, 3.63) is 76.1 Å². The number of ketones is 1. The predicted molar refractivity (Wildman–Crippen MR) is 102 cm³/mol. The maximum atomic E-state index is 12.4. The van der Waals surface area contributed by atoms with Gasteiger partial charge in [-0.2, -0.15) is 5.10 Å². The van der Waals surface area contributed by atoms with Crippen LogP contribution in [0.15, 0.2) is 48.5 Å². The highest BCUT2D eigenvalue weighted by molar-refractivity contribution is 6.31. The number of aromatic nitrogens is 2. The summed E-state index contributed by atoms with van der Waals surface area (Å²) in [4.78, 5) is 23.7. The lowest BCUT2D eigenvalue weighted by Gasteiger charge is -2.08. The van der Waals surface area contributed by atoms with Crippen LogP contribution in [0.1, 0.15) is 39.0 Å². The lowest BCUT2D eigenvalue weighted by atomic mass is 10.1. The molecule has 1 aromatic heterocycles. The van der Waals surface area contributed by atoms with Crippen LogP contribution >= 0.6 is 11.6 Å². The summed E-state index contributed by atoms with van der Waals surface area (Å²) in [7, 11) is 0. The van der Waals surface area contributed by atoms with Crippen molar-refractivity contribution < 1.29 is 9.59 Å². The van der Waals surface area contributed by atoms with Crippen LogP contribution in [0.5, 0.6) is 0 Å². The molecule has 6 heteroatoms. The number of nitrogens with one attached hydrogen (secondary N) is 1. The second kappa shape index (κ2) is 7.14. The number of anilines is 1. The molecule has 0 unspecified atom stereocenters. The van der Waals surface area contributed by atoms with Gasteiger partial charge in [0, 0.05) is 16.8 Å². The Morgan fingerprint density at radius 1 is 0.962 bits per heavy atom. The number of carbonyl (C=O) groups is 2. The molecule has 0 saturated carbocycles. The molecule has 0 aliphatic rings. The Morgan fingerprint density at radius 2 is 1.54 bits per heavy atom. The van der Waals surface area contributed by atoms with E-state index in [-0.39, 0.29) is 11.7 Å². The second-order valence-corrected chi connectivity index (χ2v) is 6.41. The van der Waals surface area contributed by atoms with Gasteiger partial charge in [0.1, 0.15) is 0 Å². The third-order valence-electron chi connectivity index (χ3n) is 4.13. The first-order valence-electron chi connectivity index (χ1n) is 8.11. The number of aryl methyl sites for hydroxylation is 1. The van der Waals surface area contributed by atoms with E-state index in [4.69, 9.17) is 11.6 Å². The van der Waals surface area contributed by atoms with Gasteiger partial charge in [0.2, 0.25) is 0 Å². The number of benzene rings is 2. The molecule has 0 radical (unpaired) electrons. The molecule has 0 atom stereocenters. The van der Waals surface area contributed by atoms with E-state index in [0.717, 1.165) is 17.1 Å². The fraction of sp³-hybridized carbons (Fsp3) is 0.150. The van der Waals surface area contributed by atoms with Crippen LogP contribution in [0.25, 0.3) is 5.69 Å². The second-order valence-electron chi connectivity index (χ2n) is 6.03. The van der Waals surface area contributed by atoms with Crippen molar-refractivity contribution >= 4 is 29.0 Å². The Labute approximate surface area is 156 Å². The molecule has 0 aliphatic carbocycles. The van der Waals surface area contributed by atoms with E-state index in [1.165, 1.54) is 6.92 Å². The van der Waals surface area contributed by atoms with Crippen molar-refractivity contribution in [3.8, 4) is 5.69 Å². The molecular weight excluding hydrogens is 350 g/mol. The van der Waals surface area contributed by atoms with Crippen LogP contribution in [0.4, 0.5) is 5.69 Å². The topological polar surface area (TPSA) is 64.0 Å². The Hall–Kier alpha value is -2.92. The Kier molecular flexibility index (Phi) is 4.91. The van der Waals surface area contributed by atoms with Crippen molar-refractivity contribution in [2.75, 3.05) is 5.32 Å². The first-order valence-corrected chi connectivity index (χ1v) is 8.49. The summed E-state index contributed by atoms with van der Waals surface area (Å²) in [5.74, 6) is -0.235. The maximum Gasteiger partial charge on any atom is 0.255 e. The number of rotatable bonds is 4. The van der Waals surface area contributed by atoms with Gasteiger partial charge < -0.3 is 5.32 Å². The molecule has 5 nitrogen and oxygen atoms in total. The summed E-state index contributed by atoms with van der Waals surface area (Å²) in [5, 5.41) is 7.86. The van der Waals surface area contributed by atoms with E-state index in [1.807, 2.05) is 26.0 Å². The third-order valence-corrected chi connectivity index (χ3v) is 4.67. The Bertz CT molecular complexity index is 974. The summed E-state index contributed by atoms with van der Waals surface area (Å²) < 4.78 is 1.75. The minimum atomic E-state index is -0.224. The lowest BCUT2D eigenvalue weighted by molar-refractivity contribution is 0.101.